The molecule has 5 N–H and O–H groups in total. The Morgan fingerprint density at radius 3 is 2.06 bits per heavy atom. The highest BCUT2D eigenvalue weighted by Gasteiger charge is 2.33. The van der Waals surface area contributed by atoms with Crippen LogP contribution in [-0.2, 0) is 48.0 Å². The summed E-state index contributed by atoms with van der Waals surface area (Å²) >= 11 is 0. The first-order chi connectivity index (χ1) is 24.8. The smallest absolute Gasteiger partial charge is 0.243 e. The number of para-hydroxylation sites is 1. The predicted molar refractivity (Wildman–Crippen MR) is 191 cm³/mol. The number of nitrogens with one attached hydrogen (secondary N) is 5. The average Bonchev–Trinajstić information content (AvgIpc) is 3.56. The van der Waals surface area contributed by atoms with Crippen LogP contribution in [0, 0.1) is 5.92 Å². The average molecular weight is 693 g/mol. The fraction of sp³-hybridized carbons (Fsp3) is 0.359. The van der Waals surface area contributed by atoms with Gasteiger partial charge in [-0.25, -0.2) is 0 Å². The standard InChI is InChI=1S/C39H44N6O6/c46-35-22-28(23-36(47)45-15-17-51-18-16-45)37(48)41-25-30(19-26-9-3-1-4-10-26)42-38(49)33(20-27-11-5-2-6-12-27)44-39(50)34(43-35)21-29-24-40-32-14-8-7-13-31(29)32/h1-14,24,28,30,33-34,40H,15-23,25H2,(H,41,48)(H,42,49)(H,43,46)(H,44,50)/t28?,30-,33?,34?/m1/s1. The van der Waals surface area contributed by atoms with Crippen LogP contribution in [0.4, 0.5) is 0 Å². The van der Waals surface area contributed by atoms with Crippen LogP contribution in [-0.4, -0.2) is 90.4 Å². The largest absolute Gasteiger partial charge is 0.378 e. The van der Waals surface area contributed by atoms with Gasteiger partial charge >= 0.3 is 0 Å². The summed E-state index contributed by atoms with van der Waals surface area (Å²) in [7, 11) is 0. The molecule has 0 aliphatic carbocycles. The third-order valence-electron chi connectivity index (χ3n) is 9.45. The minimum atomic E-state index is -1.08. The monoisotopic (exact) mass is 692 g/mol. The Kier molecular flexibility index (Phi) is 11.7. The number of aromatic amines is 1. The number of fused-ring (bicyclic) bond motifs is 1. The van der Waals surface area contributed by atoms with Crippen molar-refractivity contribution >= 4 is 40.4 Å². The number of hydrogen-bond acceptors (Lipinski definition) is 6. The molecule has 266 valence electrons. The predicted octanol–water partition coefficient (Wildman–Crippen LogP) is 2.04. The fourth-order valence-corrected chi connectivity index (χ4v) is 6.69. The number of amides is 5. The first-order valence-corrected chi connectivity index (χ1v) is 17.5. The third-order valence-corrected chi connectivity index (χ3v) is 9.45. The second-order valence-corrected chi connectivity index (χ2v) is 13.2. The summed E-state index contributed by atoms with van der Waals surface area (Å²) in [5, 5.41) is 12.7. The fourth-order valence-electron chi connectivity index (χ4n) is 6.69. The first-order valence-electron chi connectivity index (χ1n) is 17.5. The van der Waals surface area contributed by atoms with E-state index in [0.29, 0.717) is 32.7 Å². The number of aromatic nitrogens is 1. The Hall–Kier alpha value is -5.49. The van der Waals surface area contributed by atoms with Crippen LogP contribution < -0.4 is 21.3 Å². The Morgan fingerprint density at radius 2 is 1.33 bits per heavy atom. The second-order valence-electron chi connectivity index (χ2n) is 13.2. The van der Waals surface area contributed by atoms with E-state index < -0.39 is 47.7 Å². The van der Waals surface area contributed by atoms with E-state index in [-0.39, 0.29) is 38.1 Å². The van der Waals surface area contributed by atoms with Crippen molar-refractivity contribution in [3.05, 3.63) is 108 Å². The van der Waals surface area contributed by atoms with E-state index in [1.165, 1.54) is 0 Å². The molecule has 51 heavy (non-hydrogen) atoms. The van der Waals surface area contributed by atoms with Crippen molar-refractivity contribution in [3.8, 4) is 0 Å². The zero-order chi connectivity index (χ0) is 35.6. The van der Waals surface area contributed by atoms with Gasteiger partial charge in [-0.15, -0.1) is 0 Å². The maximum absolute atomic E-state index is 14.2. The van der Waals surface area contributed by atoms with E-state index in [1.807, 2.05) is 84.9 Å². The van der Waals surface area contributed by atoms with Gasteiger partial charge in [0.2, 0.25) is 29.5 Å². The highest BCUT2D eigenvalue weighted by atomic mass is 16.5. The number of carbonyl (C=O) groups is 5. The number of ether oxygens (including phenoxy) is 1. The molecule has 6 rings (SSSR count). The van der Waals surface area contributed by atoms with Gasteiger partial charge < -0.3 is 35.9 Å². The first kappa shape index (κ1) is 35.3. The molecule has 5 amide bonds. The molecule has 12 heteroatoms. The van der Waals surface area contributed by atoms with Crippen molar-refractivity contribution in [1.29, 1.82) is 0 Å². The van der Waals surface area contributed by atoms with Gasteiger partial charge in [-0.3, -0.25) is 24.0 Å². The van der Waals surface area contributed by atoms with E-state index in [0.717, 1.165) is 27.6 Å². The van der Waals surface area contributed by atoms with Crippen molar-refractivity contribution < 1.29 is 28.7 Å². The lowest BCUT2D eigenvalue weighted by atomic mass is 9.96. The molecule has 4 atom stereocenters. The van der Waals surface area contributed by atoms with Gasteiger partial charge in [0, 0.05) is 62.4 Å². The molecule has 0 radical (unpaired) electrons. The summed E-state index contributed by atoms with van der Waals surface area (Å²) in [6.07, 6.45) is 2.05. The zero-order valence-corrected chi connectivity index (χ0v) is 28.4. The second kappa shape index (κ2) is 16.9. The molecule has 2 aliphatic heterocycles. The molecule has 2 aliphatic rings. The van der Waals surface area contributed by atoms with Crippen LogP contribution in [0.3, 0.4) is 0 Å². The van der Waals surface area contributed by atoms with E-state index in [2.05, 4.69) is 26.3 Å². The summed E-state index contributed by atoms with van der Waals surface area (Å²) in [5.74, 6) is -3.23. The maximum atomic E-state index is 14.2. The summed E-state index contributed by atoms with van der Waals surface area (Å²) in [5.41, 5.74) is 3.47. The molecule has 2 saturated heterocycles. The zero-order valence-electron chi connectivity index (χ0n) is 28.4. The third kappa shape index (κ3) is 9.61. The Bertz CT molecular complexity index is 1820. The summed E-state index contributed by atoms with van der Waals surface area (Å²) in [6.45, 7) is 1.67. The molecule has 3 aromatic carbocycles. The number of benzene rings is 3. The summed E-state index contributed by atoms with van der Waals surface area (Å²) < 4.78 is 5.38. The highest BCUT2D eigenvalue weighted by Crippen LogP contribution is 2.20. The highest BCUT2D eigenvalue weighted by molar-refractivity contribution is 5.95. The molecule has 0 bridgehead atoms. The number of rotatable bonds is 8. The van der Waals surface area contributed by atoms with Crippen LogP contribution in [0.25, 0.3) is 10.9 Å². The summed E-state index contributed by atoms with van der Waals surface area (Å²) in [4.78, 5) is 74.0. The SMILES string of the molecule is O=C1CC(CC(=O)N2CCOCC2)C(=O)NC[C@@H](Cc2ccccc2)NC(=O)C(Cc2ccccc2)NC(=O)C(Cc2c[nH]c3ccccc23)N1. The molecular weight excluding hydrogens is 648 g/mol. The molecule has 4 aromatic rings. The van der Waals surface area contributed by atoms with Gasteiger partial charge in [0.05, 0.1) is 25.2 Å². The van der Waals surface area contributed by atoms with Gasteiger partial charge in [0.15, 0.2) is 0 Å². The minimum Gasteiger partial charge on any atom is -0.378 e. The molecule has 1 aromatic heterocycles. The Labute approximate surface area is 296 Å². The Morgan fingerprint density at radius 1 is 0.706 bits per heavy atom. The molecule has 12 nitrogen and oxygen atoms in total. The normalized spacial score (nSPS) is 22.3. The quantitative estimate of drug-likeness (QED) is 0.190. The van der Waals surface area contributed by atoms with Gasteiger partial charge in [-0.1, -0.05) is 78.9 Å². The number of carbonyl (C=O) groups excluding carboxylic acids is 5. The van der Waals surface area contributed by atoms with Gasteiger partial charge in [-0.05, 0) is 29.2 Å². The number of nitrogens with zero attached hydrogens (tertiary/aromatic N) is 1. The number of hydrogen-bond donors (Lipinski definition) is 5. The number of morpholine rings is 1. The Balaban J connectivity index is 1.31. The number of H-pyrrole nitrogens is 1. The van der Waals surface area contributed by atoms with Crippen molar-refractivity contribution in [2.75, 3.05) is 32.8 Å². The van der Waals surface area contributed by atoms with Crippen LogP contribution >= 0.6 is 0 Å². The van der Waals surface area contributed by atoms with E-state index in [4.69, 9.17) is 4.74 Å². The van der Waals surface area contributed by atoms with Crippen LogP contribution in [0.1, 0.15) is 29.5 Å². The van der Waals surface area contributed by atoms with Gasteiger partial charge in [0.1, 0.15) is 12.1 Å². The van der Waals surface area contributed by atoms with Crippen LogP contribution in [0.15, 0.2) is 91.1 Å². The van der Waals surface area contributed by atoms with Crippen molar-refractivity contribution in [2.24, 2.45) is 5.92 Å². The lowest BCUT2D eigenvalue weighted by molar-refractivity contribution is -0.141. The van der Waals surface area contributed by atoms with Crippen molar-refractivity contribution in [1.82, 2.24) is 31.2 Å². The molecule has 0 saturated carbocycles. The molecule has 3 unspecified atom stereocenters. The molecule has 2 fully saturated rings. The van der Waals surface area contributed by atoms with Crippen molar-refractivity contribution in [3.63, 3.8) is 0 Å². The van der Waals surface area contributed by atoms with Crippen molar-refractivity contribution in [2.45, 2.75) is 50.2 Å². The van der Waals surface area contributed by atoms with Crippen LogP contribution in [0.5, 0.6) is 0 Å². The van der Waals surface area contributed by atoms with Crippen LogP contribution in [0.2, 0.25) is 0 Å². The van der Waals surface area contributed by atoms with E-state index in [9.17, 15) is 24.0 Å². The lowest BCUT2D eigenvalue weighted by Crippen LogP contribution is -2.58. The molecular formula is C39H44N6O6. The summed E-state index contributed by atoms with van der Waals surface area (Å²) in [6, 6.07) is 24.0. The van der Waals surface area contributed by atoms with Gasteiger partial charge in [0.25, 0.3) is 0 Å². The van der Waals surface area contributed by atoms with Gasteiger partial charge in [-0.2, -0.15) is 0 Å². The lowest BCUT2D eigenvalue weighted by Gasteiger charge is -2.29. The molecule has 3 heterocycles. The molecule has 0 spiro atoms. The minimum absolute atomic E-state index is 0.0541. The topological polar surface area (TPSA) is 162 Å². The van der Waals surface area contributed by atoms with E-state index in [1.54, 1.807) is 11.1 Å². The van der Waals surface area contributed by atoms with E-state index >= 15 is 0 Å². The maximum Gasteiger partial charge on any atom is 0.243 e.